The van der Waals surface area contributed by atoms with Crippen LogP contribution < -0.4 is 5.73 Å². The molecule has 0 saturated heterocycles. The van der Waals surface area contributed by atoms with Gasteiger partial charge in [-0.05, 0) is 12.1 Å². The van der Waals surface area contributed by atoms with E-state index in [-0.39, 0.29) is 30.8 Å². The Bertz CT molecular complexity index is 329. The fourth-order valence-electron chi connectivity index (χ4n) is 0.787. The van der Waals surface area contributed by atoms with E-state index in [4.69, 9.17) is 10.2 Å². The lowest BCUT2D eigenvalue weighted by Crippen LogP contribution is -1.80. The second-order valence-corrected chi connectivity index (χ2v) is 1.88. The number of hydrogen-bond acceptors (Lipinski definition) is 4. The maximum Gasteiger partial charge on any atom is 0.294 e. The molecule has 0 unspecified atom stereocenters. The maximum absolute atomic E-state index is 5.27. The van der Waals surface area contributed by atoms with Crippen molar-refractivity contribution in [1.29, 1.82) is 0 Å². The number of nitrogens with zero attached hydrogens (tertiary/aromatic N) is 2. The predicted octanol–water partition coefficient (Wildman–Crippen LogP) is 1.65. The number of aromatic nitrogens is 2. The Morgan fingerprint density at radius 2 is 2.08 bits per heavy atom. The Morgan fingerprint density at radius 3 is 2.75 bits per heavy atom. The fraction of sp³-hybridized carbons (Fsp3) is 0. The lowest BCUT2D eigenvalue weighted by molar-refractivity contribution is 0.614. The summed E-state index contributed by atoms with van der Waals surface area (Å²) < 4.78 is 4.92. The molecule has 0 radical (unpaired) electrons. The van der Waals surface area contributed by atoms with Gasteiger partial charge in [0.15, 0.2) is 0 Å². The molecule has 2 heterocycles. The number of halogens is 2. The number of oxazole rings is 1. The number of hydrogen-bond donors (Lipinski definition) is 1. The van der Waals surface area contributed by atoms with Crippen LogP contribution in [0.3, 0.4) is 0 Å². The number of nitrogens with two attached hydrogens (primary N) is 1. The van der Waals surface area contributed by atoms with Gasteiger partial charge in [-0.2, -0.15) is 4.98 Å². The van der Waals surface area contributed by atoms with Crippen LogP contribution in [0.5, 0.6) is 0 Å². The zero-order valence-electron chi connectivity index (χ0n) is 5.93. The molecule has 0 aromatic carbocycles. The molecule has 2 aromatic heterocycles. The first kappa shape index (κ1) is 11.0. The number of nitrogen functional groups attached to an aromatic ring is 1. The van der Waals surface area contributed by atoms with Crippen molar-refractivity contribution in [2.45, 2.75) is 0 Å². The Labute approximate surface area is 81.0 Å². The van der Waals surface area contributed by atoms with E-state index < -0.39 is 0 Å². The van der Waals surface area contributed by atoms with E-state index in [9.17, 15) is 0 Å². The summed E-state index contributed by atoms with van der Waals surface area (Å²) in [6, 6.07) is 3.74. The van der Waals surface area contributed by atoms with Crippen molar-refractivity contribution < 1.29 is 4.42 Å². The van der Waals surface area contributed by atoms with Crippen LogP contribution in [0.25, 0.3) is 11.2 Å². The van der Waals surface area contributed by atoms with Crippen molar-refractivity contribution >= 4 is 42.1 Å². The highest BCUT2D eigenvalue weighted by Gasteiger charge is 1.99. The van der Waals surface area contributed by atoms with Crippen molar-refractivity contribution in [2.24, 2.45) is 0 Å². The topological polar surface area (TPSA) is 64.9 Å². The summed E-state index contributed by atoms with van der Waals surface area (Å²) >= 11 is 0. The maximum atomic E-state index is 5.27. The molecule has 2 rings (SSSR count). The Morgan fingerprint density at radius 1 is 1.33 bits per heavy atom. The molecule has 0 bridgehead atoms. The average molecular weight is 208 g/mol. The first-order chi connectivity index (χ1) is 4.86. The van der Waals surface area contributed by atoms with E-state index in [0.29, 0.717) is 11.2 Å². The third kappa shape index (κ3) is 1.78. The van der Waals surface area contributed by atoms with Gasteiger partial charge in [-0.3, -0.25) is 0 Å². The number of pyridine rings is 1. The monoisotopic (exact) mass is 207 g/mol. The number of fused-ring (bicyclic) bond motifs is 1. The van der Waals surface area contributed by atoms with Gasteiger partial charge >= 0.3 is 0 Å². The molecule has 2 aromatic rings. The molecule has 0 amide bonds. The average Bonchev–Trinajstić information content (AvgIpc) is 2.27. The second-order valence-electron chi connectivity index (χ2n) is 1.88. The minimum Gasteiger partial charge on any atom is -0.405 e. The largest absolute Gasteiger partial charge is 0.405 e. The molecule has 0 spiro atoms. The van der Waals surface area contributed by atoms with Crippen LogP contribution in [0.4, 0.5) is 6.01 Å². The third-order valence-corrected chi connectivity index (χ3v) is 1.18. The highest BCUT2D eigenvalue weighted by molar-refractivity contribution is 5.85. The fourth-order valence-corrected chi connectivity index (χ4v) is 0.787. The normalized spacial score (nSPS) is 8.67. The smallest absolute Gasteiger partial charge is 0.294 e. The molecular formula is C6H7Cl2N3O. The SMILES string of the molecule is Cl.Cl.Nc1nc2cccnc2o1. The first-order valence-electron chi connectivity index (χ1n) is 2.83. The molecule has 12 heavy (non-hydrogen) atoms. The Kier molecular flexibility index (Phi) is 3.79. The van der Waals surface area contributed by atoms with E-state index in [1.54, 1.807) is 18.3 Å². The summed E-state index contributed by atoms with van der Waals surface area (Å²) in [5.41, 5.74) is 6.45. The lowest BCUT2D eigenvalue weighted by Gasteiger charge is -1.78. The summed E-state index contributed by atoms with van der Waals surface area (Å²) in [7, 11) is 0. The molecular weight excluding hydrogens is 201 g/mol. The molecule has 0 saturated carbocycles. The minimum absolute atomic E-state index is 0. The van der Waals surface area contributed by atoms with E-state index in [0.717, 1.165) is 0 Å². The molecule has 0 aliphatic carbocycles. The Hall–Kier alpha value is -1.00. The van der Waals surface area contributed by atoms with E-state index in [2.05, 4.69) is 9.97 Å². The highest BCUT2D eigenvalue weighted by Crippen LogP contribution is 2.11. The Balaban J connectivity index is 0.000000605. The van der Waals surface area contributed by atoms with Crippen molar-refractivity contribution in [1.82, 2.24) is 9.97 Å². The highest BCUT2D eigenvalue weighted by atomic mass is 35.5. The lowest BCUT2D eigenvalue weighted by atomic mass is 10.5. The van der Waals surface area contributed by atoms with Gasteiger partial charge in [0.1, 0.15) is 5.52 Å². The van der Waals surface area contributed by atoms with Crippen molar-refractivity contribution in [3.05, 3.63) is 18.3 Å². The van der Waals surface area contributed by atoms with Crippen LogP contribution in [0.15, 0.2) is 22.7 Å². The number of rotatable bonds is 0. The number of anilines is 1. The molecule has 0 fully saturated rings. The summed E-state index contributed by atoms with van der Waals surface area (Å²) in [5.74, 6) is 0. The van der Waals surface area contributed by atoms with Gasteiger partial charge in [-0.15, -0.1) is 24.8 Å². The molecule has 0 aliphatic rings. The van der Waals surface area contributed by atoms with Crippen LogP contribution in [0.1, 0.15) is 0 Å². The minimum atomic E-state index is 0. The zero-order valence-corrected chi connectivity index (χ0v) is 7.56. The van der Waals surface area contributed by atoms with Gasteiger partial charge in [0, 0.05) is 6.20 Å². The first-order valence-corrected chi connectivity index (χ1v) is 2.83. The summed E-state index contributed by atoms with van der Waals surface area (Å²) in [4.78, 5) is 7.75. The standard InChI is InChI=1S/C6H5N3O.2ClH/c7-6-9-4-2-1-3-8-5(4)10-6;;/h1-3H,(H2,7,9);2*1H. The second kappa shape index (κ2) is 4.13. The van der Waals surface area contributed by atoms with Gasteiger partial charge in [-0.25, -0.2) is 4.98 Å². The quantitative estimate of drug-likeness (QED) is 0.714. The van der Waals surface area contributed by atoms with Crippen LogP contribution in [0, 0.1) is 0 Å². The summed E-state index contributed by atoms with van der Waals surface area (Å²) in [5, 5.41) is 0. The molecule has 66 valence electrons. The van der Waals surface area contributed by atoms with Gasteiger partial charge < -0.3 is 10.2 Å². The van der Waals surface area contributed by atoms with Gasteiger partial charge in [0.05, 0.1) is 0 Å². The van der Waals surface area contributed by atoms with E-state index in [1.165, 1.54) is 0 Å². The molecule has 0 aliphatic heterocycles. The third-order valence-electron chi connectivity index (χ3n) is 1.18. The predicted molar refractivity (Wildman–Crippen MR) is 50.7 cm³/mol. The van der Waals surface area contributed by atoms with E-state index >= 15 is 0 Å². The van der Waals surface area contributed by atoms with Crippen LogP contribution in [-0.4, -0.2) is 9.97 Å². The van der Waals surface area contributed by atoms with Gasteiger partial charge in [0.2, 0.25) is 5.71 Å². The van der Waals surface area contributed by atoms with Crippen LogP contribution in [0.2, 0.25) is 0 Å². The van der Waals surface area contributed by atoms with Crippen molar-refractivity contribution in [3.8, 4) is 0 Å². The molecule has 4 nitrogen and oxygen atoms in total. The van der Waals surface area contributed by atoms with Gasteiger partial charge in [-0.1, -0.05) is 0 Å². The molecule has 6 heteroatoms. The van der Waals surface area contributed by atoms with E-state index in [1.807, 2.05) is 0 Å². The molecule has 2 N–H and O–H groups in total. The zero-order chi connectivity index (χ0) is 6.97. The molecule has 0 atom stereocenters. The van der Waals surface area contributed by atoms with Crippen molar-refractivity contribution in [2.75, 3.05) is 5.73 Å². The summed E-state index contributed by atoms with van der Waals surface area (Å²) in [6.45, 7) is 0. The van der Waals surface area contributed by atoms with Crippen LogP contribution >= 0.6 is 24.8 Å². The summed E-state index contributed by atoms with van der Waals surface area (Å²) in [6.07, 6.45) is 1.63. The van der Waals surface area contributed by atoms with Crippen molar-refractivity contribution in [3.63, 3.8) is 0 Å². The van der Waals surface area contributed by atoms with Gasteiger partial charge in [0.25, 0.3) is 6.01 Å². The van der Waals surface area contributed by atoms with Crippen LogP contribution in [-0.2, 0) is 0 Å².